The molecule has 0 unspecified atom stereocenters. The van der Waals surface area contributed by atoms with Crippen molar-refractivity contribution >= 4 is 16.6 Å². The van der Waals surface area contributed by atoms with Crippen molar-refractivity contribution in [3.63, 3.8) is 0 Å². The summed E-state index contributed by atoms with van der Waals surface area (Å²) >= 11 is 0. The van der Waals surface area contributed by atoms with E-state index in [0.29, 0.717) is 11.2 Å². The lowest BCUT2D eigenvalue weighted by Gasteiger charge is -2.12. The van der Waals surface area contributed by atoms with Gasteiger partial charge in [-0.1, -0.05) is 6.07 Å². The second-order valence-corrected chi connectivity index (χ2v) is 3.31. The van der Waals surface area contributed by atoms with Gasteiger partial charge in [0.15, 0.2) is 0 Å². The van der Waals surface area contributed by atoms with E-state index >= 15 is 0 Å². The van der Waals surface area contributed by atoms with E-state index in [9.17, 15) is 13.2 Å². The van der Waals surface area contributed by atoms with E-state index in [1.807, 2.05) is 0 Å². The first-order valence-electron chi connectivity index (χ1n) is 4.66. The summed E-state index contributed by atoms with van der Waals surface area (Å²) in [6, 6.07) is 5.37. The lowest BCUT2D eigenvalue weighted by Crippen LogP contribution is -2.06. The molecule has 0 saturated carbocycles. The lowest BCUT2D eigenvalue weighted by atomic mass is 10.1. The smallest absolute Gasteiger partial charge is 0.386 e. The number of alkyl halides is 3. The highest BCUT2D eigenvalue weighted by Gasteiger charge is 2.32. The van der Waals surface area contributed by atoms with Gasteiger partial charge in [0, 0.05) is 18.6 Å². The molecule has 0 fully saturated rings. The summed E-state index contributed by atoms with van der Waals surface area (Å²) in [7, 11) is 1.65. The lowest BCUT2D eigenvalue weighted by molar-refractivity contribution is -0.136. The van der Waals surface area contributed by atoms with Crippen molar-refractivity contribution in [2.24, 2.45) is 0 Å². The van der Waals surface area contributed by atoms with E-state index in [4.69, 9.17) is 0 Å². The van der Waals surface area contributed by atoms with Gasteiger partial charge in [0.1, 0.15) is 0 Å². The maximum atomic E-state index is 12.7. The van der Waals surface area contributed by atoms with Gasteiger partial charge in [-0.15, -0.1) is 0 Å². The molecule has 0 saturated heterocycles. The zero-order chi connectivity index (χ0) is 11.8. The molecule has 0 aliphatic heterocycles. The Balaban J connectivity index is 2.80. The molecule has 0 aliphatic rings. The summed E-state index contributed by atoms with van der Waals surface area (Å²) in [6.07, 6.45) is -2.88. The molecule has 2 nitrogen and oxygen atoms in total. The average molecular weight is 226 g/mol. The number of rotatable bonds is 1. The Morgan fingerprint density at radius 1 is 1.19 bits per heavy atom. The predicted molar refractivity (Wildman–Crippen MR) is 56.3 cm³/mol. The standard InChI is InChI=1S/C11H9F3N2/c1-15-9-5-4-8(11(12,13)14)7-3-2-6-16-10(7)9/h2-6,15H,1H3. The normalized spacial score (nSPS) is 11.8. The van der Waals surface area contributed by atoms with Crippen LogP contribution in [0.5, 0.6) is 0 Å². The van der Waals surface area contributed by atoms with Crippen molar-refractivity contribution < 1.29 is 13.2 Å². The van der Waals surface area contributed by atoms with Crippen LogP contribution in [-0.4, -0.2) is 12.0 Å². The molecule has 0 spiro atoms. The third-order valence-corrected chi connectivity index (χ3v) is 2.34. The van der Waals surface area contributed by atoms with Crippen LogP contribution in [0.3, 0.4) is 0 Å². The predicted octanol–water partition coefficient (Wildman–Crippen LogP) is 3.30. The summed E-state index contributed by atoms with van der Waals surface area (Å²) < 4.78 is 38.1. The maximum absolute atomic E-state index is 12.7. The number of halogens is 3. The second kappa shape index (κ2) is 3.66. The van der Waals surface area contributed by atoms with Crippen LogP contribution in [0.4, 0.5) is 18.9 Å². The van der Waals surface area contributed by atoms with Crippen LogP contribution in [-0.2, 0) is 6.18 Å². The minimum Gasteiger partial charge on any atom is -0.386 e. The SMILES string of the molecule is CNc1ccc(C(F)(F)F)c2cccnc12. The van der Waals surface area contributed by atoms with E-state index in [1.54, 1.807) is 7.05 Å². The van der Waals surface area contributed by atoms with Crippen LogP contribution in [0.1, 0.15) is 5.56 Å². The minimum absolute atomic E-state index is 0.113. The molecule has 1 aromatic carbocycles. The second-order valence-electron chi connectivity index (χ2n) is 3.31. The monoisotopic (exact) mass is 226 g/mol. The Morgan fingerprint density at radius 3 is 2.56 bits per heavy atom. The number of fused-ring (bicyclic) bond motifs is 1. The summed E-state index contributed by atoms with van der Waals surface area (Å²) in [5.74, 6) is 0. The maximum Gasteiger partial charge on any atom is 0.417 e. The van der Waals surface area contributed by atoms with Crippen molar-refractivity contribution in [2.75, 3.05) is 12.4 Å². The Kier molecular flexibility index (Phi) is 2.46. The van der Waals surface area contributed by atoms with Gasteiger partial charge in [-0.2, -0.15) is 13.2 Å². The molecule has 2 aromatic rings. The Morgan fingerprint density at radius 2 is 1.94 bits per heavy atom. The molecule has 0 aliphatic carbocycles. The Labute approximate surface area is 90.1 Å². The number of benzene rings is 1. The molecule has 1 N–H and O–H groups in total. The molecular formula is C11H9F3N2. The van der Waals surface area contributed by atoms with Crippen molar-refractivity contribution in [1.29, 1.82) is 0 Å². The molecule has 0 bridgehead atoms. The highest BCUT2D eigenvalue weighted by atomic mass is 19.4. The Hall–Kier alpha value is -1.78. The highest BCUT2D eigenvalue weighted by Crippen LogP contribution is 2.36. The van der Waals surface area contributed by atoms with E-state index in [2.05, 4.69) is 10.3 Å². The zero-order valence-corrected chi connectivity index (χ0v) is 8.47. The third-order valence-electron chi connectivity index (χ3n) is 2.34. The fourth-order valence-electron chi connectivity index (χ4n) is 1.62. The van der Waals surface area contributed by atoms with Gasteiger partial charge in [-0.3, -0.25) is 4.98 Å². The third kappa shape index (κ3) is 1.68. The molecule has 2 rings (SSSR count). The van der Waals surface area contributed by atoms with Crippen LogP contribution in [0.25, 0.3) is 10.9 Å². The van der Waals surface area contributed by atoms with Gasteiger partial charge in [-0.25, -0.2) is 0 Å². The van der Waals surface area contributed by atoms with E-state index in [-0.39, 0.29) is 5.39 Å². The van der Waals surface area contributed by atoms with Crippen LogP contribution in [0.15, 0.2) is 30.5 Å². The molecule has 1 heterocycles. The zero-order valence-electron chi connectivity index (χ0n) is 8.47. The number of nitrogens with zero attached hydrogens (tertiary/aromatic N) is 1. The molecule has 1 aromatic heterocycles. The van der Waals surface area contributed by atoms with Gasteiger partial charge in [0.05, 0.1) is 16.8 Å². The Bertz CT molecular complexity index is 520. The summed E-state index contributed by atoms with van der Waals surface area (Å²) in [4.78, 5) is 3.96. The van der Waals surface area contributed by atoms with Gasteiger partial charge in [-0.05, 0) is 18.2 Å². The molecule has 5 heteroatoms. The summed E-state index contributed by atoms with van der Waals surface area (Å²) in [5.41, 5.74) is 0.262. The van der Waals surface area contributed by atoms with E-state index in [1.165, 1.54) is 24.4 Å². The van der Waals surface area contributed by atoms with Gasteiger partial charge in [0.2, 0.25) is 0 Å². The number of nitrogens with one attached hydrogen (secondary N) is 1. The fourth-order valence-corrected chi connectivity index (χ4v) is 1.62. The first kappa shape index (κ1) is 10.7. The van der Waals surface area contributed by atoms with Gasteiger partial charge < -0.3 is 5.32 Å². The van der Waals surface area contributed by atoms with E-state index < -0.39 is 11.7 Å². The number of aromatic nitrogens is 1. The molecule has 0 radical (unpaired) electrons. The number of hydrogen-bond donors (Lipinski definition) is 1. The van der Waals surface area contributed by atoms with Crippen LogP contribution in [0, 0.1) is 0 Å². The molecular weight excluding hydrogens is 217 g/mol. The summed E-state index contributed by atoms with van der Waals surface area (Å²) in [6.45, 7) is 0. The summed E-state index contributed by atoms with van der Waals surface area (Å²) in [5, 5.41) is 2.93. The van der Waals surface area contributed by atoms with Crippen LogP contribution in [0.2, 0.25) is 0 Å². The highest BCUT2D eigenvalue weighted by molar-refractivity contribution is 5.92. The average Bonchev–Trinajstić information content (AvgIpc) is 2.26. The molecule has 84 valence electrons. The topological polar surface area (TPSA) is 24.9 Å². The first-order chi connectivity index (χ1) is 7.54. The fraction of sp³-hybridized carbons (Fsp3) is 0.182. The number of pyridine rings is 1. The quantitative estimate of drug-likeness (QED) is 0.807. The van der Waals surface area contributed by atoms with Gasteiger partial charge >= 0.3 is 6.18 Å². The first-order valence-corrected chi connectivity index (χ1v) is 4.66. The van der Waals surface area contributed by atoms with Crippen molar-refractivity contribution in [3.8, 4) is 0 Å². The van der Waals surface area contributed by atoms with Crippen molar-refractivity contribution in [3.05, 3.63) is 36.0 Å². The number of hydrogen-bond acceptors (Lipinski definition) is 2. The molecule has 0 amide bonds. The van der Waals surface area contributed by atoms with Gasteiger partial charge in [0.25, 0.3) is 0 Å². The van der Waals surface area contributed by atoms with E-state index in [0.717, 1.165) is 6.07 Å². The van der Waals surface area contributed by atoms with Crippen molar-refractivity contribution in [1.82, 2.24) is 4.98 Å². The van der Waals surface area contributed by atoms with Crippen LogP contribution >= 0.6 is 0 Å². The van der Waals surface area contributed by atoms with Crippen molar-refractivity contribution in [2.45, 2.75) is 6.18 Å². The molecule has 0 atom stereocenters. The molecule has 16 heavy (non-hydrogen) atoms. The van der Waals surface area contributed by atoms with Crippen LogP contribution < -0.4 is 5.32 Å². The number of anilines is 1. The minimum atomic E-state index is -4.35. The largest absolute Gasteiger partial charge is 0.417 e.